The SMILES string of the molecule is CC(C)(C)OC(=O)NCCCNc1ccccc1N1CCCC1. The number of carbonyl (C=O) groups is 1. The minimum absolute atomic E-state index is 0.352. The van der Waals surface area contributed by atoms with Gasteiger partial charge in [0.05, 0.1) is 11.4 Å². The lowest BCUT2D eigenvalue weighted by atomic mass is 10.2. The number of para-hydroxylation sites is 2. The first-order valence-corrected chi connectivity index (χ1v) is 8.50. The highest BCUT2D eigenvalue weighted by Crippen LogP contribution is 2.28. The summed E-state index contributed by atoms with van der Waals surface area (Å²) in [5, 5.41) is 6.26. The van der Waals surface area contributed by atoms with E-state index in [9.17, 15) is 4.79 Å². The van der Waals surface area contributed by atoms with Gasteiger partial charge >= 0.3 is 6.09 Å². The molecule has 0 aromatic heterocycles. The second-order valence-corrected chi connectivity index (χ2v) is 6.92. The summed E-state index contributed by atoms with van der Waals surface area (Å²) < 4.78 is 5.21. The average molecular weight is 319 g/mol. The fraction of sp³-hybridized carbons (Fsp3) is 0.611. The molecule has 0 aliphatic carbocycles. The van der Waals surface area contributed by atoms with E-state index >= 15 is 0 Å². The van der Waals surface area contributed by atoms with E-state index in [0.29, 0.717) is 6.54 Å². The van der Waals surface area contributed by atoms with Crippen LogP contribution in [0.15, 0.2) is 24.3 Å². The largest absolute Gasteiger partial charge is 0.444 e. The Hall–Kier alpha value is -1.91. The normalized spacial score (nSPS) is 14.7. The van der Waals surface area contributed by atoms with Crippen molar-refractivity contribution in [1.29, 1.82) is 0 Å². The van der Waals surface area contributed by atoms with Gasteiger partial charge in [-0.3, -0.25) is 0 Å². The number of ether oxygens (including phenoxy) is 1. The summed E-state index contributed by atoms with van der Waals surface area (Å²) in [6.45, 7) is 9.29. The monoisotopic (exact) mass is 319 g/mol. The summed E-state index contributed by atoms with van der Waals surface area (Å²) in [6.07, 6.45) is 3.05. The molecular formula is C18H29N3O2. The predicted octanol–water partition coefficient (Wildman–Crippen LogP) is 3.61. The lowest BCUT2D eigenvalue weighted by Gasteiger charge is -2.22. The van der Waals surface area contributed by atoms with Gasteiger partial charge in [0.25, 0.3) is 0 Å². The molecule has 5 nitrogen and oxygen atoms in total. The standard InChI is InChI=1S/C18H29N3O2/c1-18(2,3)23-17(22)20-12-8-11-19-15-9-4-5-10-16(15)21-13-6-7-14-21/h4-5,9-10,19H,6-8,11-14H2,1-3H3,(H,20,22). The van der Waals surface area contributed by atoms with E-state index in [4.69, 9.17) is 4.74 Å². The van der Waals surface area contributed by atoms with Gasteiger partial charge in [-0.25, -0.2) is 4.79 Å². The molecule has 1 aromatic rings. The molecule has 0 saturated carbocycles. The molecule has 0 spiro atoms. The highest BCUT2D eigenvalue weighted by atomic mass is 16.6. The summed E-state index contributed by atoms with van der Waals surface area (Å²) in [5.41, 5.74) is 2.01. The van der Waals surface area contributed by atoms with Crippen LogP contribution in [0, 0.1) is 0 Å². The smallest absolute Gasteiger partial charge is 0.407 e. The zero-order valence-electron chi connectivity index (χ0n) is 14.5. The lowest BCUT2D eigenvalue weighted by Crippen LogP contribution is -2.33. The third-order valence-corrected chi connectivity index (χ3v) is 3.69. The molecule has 0 unspecified atom stereocenters. The van der Waals surface area contributed by atoms with E-state index in [2.05, 4.69) is 39.8 Å². The molecule has 1 aliphatic rings. The second kappa shape index (κ2) is 8.09. The lowest BCUT2D eigenvalue weighted by molar-refractivity contribution is 0.0528. The van der Waals surface area contributed by atoms with Crippen molar-refractivity contribution in [2.24, 2.45) is 0 Å². The zero-order chi connectivity index (χ0) is 16.7. The van der Waals surface area contributed by atoms with Crippen molar-refractivity contribution < 1.29 is 9.53 Å². The molecule has 1 aromatic carbocycles. The van der Waals surface area contributed by atoms with Crippen LogP contribution in [0.4, 0.5) is 16.2 Å². The van der Waals surface area contributed by atoms with Crippen LogP contribution in [-0.4, -0.2) is 37.9 Å². The van der Waals surface area contributed by atoms with Crippen molar-refractivity contribution >= 4 is 17.5 Å². The molecule has 0 bridgehead atoms. The summed E-state index contributed by atoms with van der Waals surface area (Å²) in [7, 11) is 0. The number of nitrogens with zero attached hydrogens (tertiary/aromatic N) is 1. The quantitative estimate of drug-likeness (QED) is 0.787. The molecule has 128 valence electrons. The second-order valence-electron chi connectivity index (χ2n) is 6.92. The van der Waals surface area contributed by atoms with Crippen LogP contribution in [-0.2, 0) is 4.74 Å². The molecule has 23 heavy (non-hydrogen) atoms. The topological polar surface area (TPSA) is 53.6 Å². The van der Waals surface area contributed by atoms with E-state index in [1.807, 2.05) is 20.8 Å². The number of anilines is 2. The van der Waals surface area contributed by atoms with Crippen molar-refractivity contribution in [2.75, 3.05) is 36.4 Å². The molecule has 2 rings (SSSR count). The van der Waals surface area contributed by atoms with Gasteiger partial charge in [-0.05, 0) is 52.2 Å². The van der Waals surface area contributed by atoms with Crippen molar-refractivity contribution in [2.45, 2.75) is 45.6 Å². The first-order valence-electron chi connectivity index (χ1n) is 8.50. The molecule has 1 saturated heterocycles. The number of rotatable bonds is 6. The van der Waals surface area contributed by atoms with E-state index in [0.717, 1.165) is 26.1 Å². The van der Waals surface area contributed by atoms with Gasteiger partial charge < -0.3 is 20.3 Å². The van der Waals surface area contributed by atoms with Crippen molar-refractivity contribution in [3.63, 3.8) is 0 Å². The van der Waals surface area contributed by atoms with Gasteiger partial charge in [0.15, 0.2) is 0 Å². The number of carbonyl (C=O) groups excluding carboxylic acids is 1. The summed E-state index contributed by atoms with van der Waals surface area (Å²) in [4.78, 5) is 14.0. The minimum atomic E-state index is -0.447. The molecule has 1 amide bonds. The molecular weight excluding hydrogens is 290 g/mol. The van der Waals surface area contributed by atoms with Crippen LogP contribution in [0.5, 0.6) is 0 Å². The third-order valence-electron chi connectivity index (χ3n) is 3.69. The van der Waals surface area contributed by atoms with Gasteiger partial charge in [-0.15, -0.1) is 0 Å². The predicted molar refractivity (Wildman–Crippen MR) is 95.2 cm³/mol. The summed E-state index contributed by atoms with van der Waals surface area (Å²) in [6, 6.07) is 8.44. The molecule has 5 heteroatoms. The number of amides is 1. The van der Waals surface area contributed by atoms with E-state index in [-0.39, 0.29) is 6.09 Å². The Kier molecular flexibility index (Phi) is 6.13. The van der Waals surface area contributed by atoms with Gasteiger partial charge in [0, 0.05) is 26.2 Å². The van der Waals surface area contributed by atoms with Crippen LogP contribution in [0.3, 0.4) is 0 Å². The number of alkyl carbamates (subject to hydrolysis) is 1. The Bertz CT molecular complexity index is 505. The van der Waals surface area contributed by atoms with Gasteiger partial charge in [0.1, 0.15) is 5.60 Å². The van der Waals surface area contributed by atoms with Gasteiger partial charge in [-0.1, -0.05) is 12.1 Å². The van der Waals surface area contributed by atoms with Gasteiger partial charge in [-0.2, -0.15) is 0 Å². The Morgan fingerprint density at radius 3 is 2.57 bits per heavy atom. The Labute approximate surface area is 139 Å². The first kappa shape index (κ1) is 17.4. The average Bonchev–Trinajstić information content (AvgIpc) is 2.99. The van der Waals surface area contributed by atoms with E-state index in [1.165, 1.54) is 24.2 Å². The fourth-order valence-electron chi connectivity index (χ4n) is 2.67. The van der Waals surface area contributed by atoms with Crippen LogP contribution in [0.2, 0.25) is 0 Å². The minimum Gasteiger partial charge on any atom is -0.444 e. The fourth-order valence-corrected chi connectivity index (χ4v) is 2.67. The zero-order valence-corrected chi connectivity index (χ0v) is 14.5. The maximum atomic E-state index is 11.6. The highest BCUT2D eigenvalue weighted by molar-refractivity contribution is 5.70. The Balaban J connectivity index is 1.71. The van der Waals surface area contributed by atoms with Gasteiger partial charge in [0.2, 0.25) is 0 Å². The maximum Gasteiger partial charge on any atom is 0.407 e. The molecule has 2 N–H and O–H groups in total. The number of hydrogen-bond donors (Lipinski definition) is 2. The summed E-state index contributed by atoms with van der Waals surface area (Å²) in [5.74, 6) is 0. The van der Waals surface area contributed by atoms with Crippen LogP contribution >= 0.6 is 0 Å². The molecule has 1 aliphatic heterocycles. The van der Waals surface area contributed by atoms with E-state index in [1.54, 1.807) is 0 Å². The summed E-state index contributed by atoms with van der Waals surface area (Å²) >= 11 is 0. The molecule has 0 radical (unpaired) electrons. The van der Waals surface area contributed by atoms with E-state index < -0.39 is 5.60 Å². The Morgan fingerprint density at radius 1 is 1.17 bits per heavy atom. The number of nitrogens with one attached hydrogen (secondary N) is 2. The van der Waals surface area contributed by atoms with Crippen molar-refractivity contribution in [1.82, 2.24) is 5.32 Å². The highest BCUT2D eigenvalue weighted by Gasteiger charge is 2.16. The number of hydrogen-bond acceptors (Lipinski definition) is 4. The molecule has 1 heterocycles. The molecule has 1 fully saturated rings. The Morgan fingerprint density at radius 2 is 1.87 bits per heavy atom. The first-order chi connectivity index (χ1) is 11.0. The van der Waals surface area contributed by atoms with Crippen LogP contribution < -0.4 is 15.5 Å². The van der Waals surface area contributed by atoms with Crippen molar-refractivity contribution in [3.8, 4) is 0 Å². The number of benzene rings is 1. The molecule has 0 atom stereocenters. The van der Waals surface area contributed by atoms with Crippen molar-refractivity contribution in [3.05, 3.63) is 24.3 Å². The van der Waals surface area contributed by atoms with Crippen LogP contribution in [0.25, 0.3) is 0 Å². The van der Waals surface area contributed by atoms with Crippen LogP contribution in [0.1, 0.15) is 40.0 Å². The third kappa shape index (κ3) is 6.00. The maximum absolute atomic E-state index is 11.6.